The Labute approximate surface area is 108 Å². The molecule has 0 bridgehead atoms. The number of hydrogen-bond acceptors (Lipinski definition) is 4. The number of piperidine rings is 1. The average molecular weight is 248 g/mol. The molecular weight excluding hydrogens is 228 g/mol. The summed E-state index contributed by atoms with van der Waals surface area (Å²) in [5, 5.41) is 0. The van der Waals surface area contributed by atoms with Gasteiger partial charge in [0.2, 0.25) is 0 Å². The highest BCUT2D eigenvalue weighted by Crippen LogP contribution is 2.22. The zero-order valence-corrected chi connectivity index (χ0v) is 10.8. The Morgan fingerprint density at radius 1 is 1.39 bits per heavy atom. The summed E-state index contributed by atoms with van der Waals surface area (Å²) >= 11 is 0. The van der Waals surface area contributed by atoms with E-state index >= 15 is 0 Å². The molecule has 1 atom stereocenters. The normalized spacial score (nSPS) is 19.7. The van der Waals surface area contributed by atoms with Gasteiger partial charge in [-0.1, -0.05) is 0 Å². The van der Waals surface area contributed by atoms with Crippen molar-refractivity contribution in [2.24, 2.45) is 5.73 Å². The summed E-state index contributed by atoms with van der Waals surface area (Å²) in [5.41, 5.74) is 7.76. The molecule has 4 heteroatoms. The van der Waals surface area contributed by atoms with Crippen LogP contribution in [-0.4, -0.2) is 25.3 Å². The van der Waals surface area contributed by atoms with Gasteiger partial charge in [0, 0.05) is 12.2 Å². The third kappa shape index (κ3) is 2.82. The number of carbonyl (C=O) groups is 1. The zero-order valence-electron chi connectivity index (χ0n) is 10.8. The van der Waals surface area contributed by atoms with Crippen LogP contribution in [0.15, 0.2) is 24.3 Å². The number of nitrogens with zero attached hydrogens (tertiary/aromatic N) is 1. The van der Waals surface area contributed by atoms with Gasteiger partial charge in [-0.15, -0.1) is 0 Å². The summed E-state index contributed by atoms with van der Waals surface area (Å²) in [6.45, 7) is 3.19. The van der Waals surface area contributed by atoms with Crippen LogP contribution in [0.5, 0.6) is 0 Å². The summed E-state index contributed by atoms with van der Waals surface area (Å²) < 4.78 is 4.96. The van der Waals surface area contributed by atoms with E-state index in [1.165, 1.54) is 12.8 Å². The predicted octanol–water partition coefficient (Wildman–Crippen LogP) is 2.14. The van der Waals surface area contributed by atoms with Crippen molar-refractivity contribution < 1.29 is 9.53 Å². The summed E-state index contributed by atoms with van der Waals surface area (Å²) in [7, 11) is 0. The van der Waals surface area contributed by atoms with E-state index in [2.05, 4.69) is 4.90 Å². The van der Waals surface area contributed by atoms with Gasteiger partial charge in [-0.3, -0.25) is 0 Å². The molecule has 4 nitrogen and oxygen atoms in total. The Hall–Kier alpha value is -1.55. The van der Waals surface area contributed by atoms with E-state index in [1.807, 2.05) is 12.1 Å². The van der Waals surface area contributed by atoms with Crippen LogP contribution in [0.25, 0.3) is 0 Å². The van der Waals surface area contributed by atoms with E-state index in [4.69, 9.17) is 10.5 Å². The second-order valence-corrected chi connectivity index (χ2v) is 4.52. The fraction of sp³-hybridized carbons (Fsp3) is 0.500. The number of anilines is 1. The summed E-state index contributed by atoms with van der Waals surface area (Å²) in [4.78, 5) is 13.7. The largest absolute Gasteiger partial charge is 0.462 e. The number of rotatable bonds is 3. The molecule has 0 spiro atoms. The first-order valence-corrected chi connectivity index (χ1v) is 6.52. The van der Waals surface area contributed by atoms with Gasteiger partial charge in [0.1, 0.15) is 0 Å². The van der Waals surface area contributed by atoms with Gasteiger partial charge in [0.25, 0.3) is 0 Å². The van der Waals surface area contributed by atoms with Gasteiger partial charge >= 0.3 is 5.97 Å². The van der Waals surface area contributed by atoms with Gasteiger partial charge in [0.05, 0.1) is 18.3 Å². The summed E-state index contributed by atoms with van der Waals surface area (Å²) in [5.74, 6) is -0.271. The number of carbonyl (C=O) groups excluding carboxylic acids is 1. The van der Waals surface area contributed by atoms with Crippen LogP contribution >= 0.6 is 0 Å². The number of benzene rings is 1. The van der Waals surface area contributed by atoms with Crippen LogP contribution < -0.4 is 10.6 Å². The topological polar surface area (TPSA) is 55.6 Å². The first-order valence-electron chi connectivity index (χ1n) is 6.52. The Morgan fingerprint density at radius 2 is 2.11 bits per heavy atom. The fourth-order valence-corrected chi connectivity index (χ4v) is 2.28. The molecule has 0 radical (unpaired) electrons. The van der Waals surface area contributed by atoms with Crippen LogP contribution in [0.4, 0.5) is 5.69 Å². The van der Waals surface area contributed by atoms with Crippen molar-refractivity contribution in [2.75, 3.05) is 18.1 Å². The highest BCUT2D eigenvalue weighted by Gasteiger charge is 2.19. The molecule has 0 aromatic heterocycles. The molecule has 1 unspecified atom stereocenters. The third-order valence-electron chi connectivity index (χ3n) is 3.26. The second kappa shape index (κ2) is 5.87. The molecule has 0 amide bonds. The van der Waals surface area contributed by atoms with Gasteiger partial charge in [-0.25, -0.2) is 4.79 Å². The summed E-state index contributed by atoms with van der Waals surface area (Å²) in [6, 6.07) is 7.48. The van der Waals surface area contributed by atoms with E-state index in [0.717, 1.165) is 18.7 Å². The van der Waals surface area contributed by atoms with Gasteiger partial charge in [-0.2, -0.15) is 0 Å². The number of ether oxygens (including phenoxy) is 1. The Morgan fingerprint density at radius 3 is 2.72 bits per heavy atom. The van der Waals surface area contributed by atoms with Crippen molar-refractivity contribution in [3.63, 3.8) is 0 Å². The third-order valence-corrected chi connectivity index (χ3v) is 3.26. The molecule has 0 aliphatic carbocycles. The molecule has 0 saturated carbocycles. The van der Waals surface area contributed by atoms with E-state index in [-0.39, 0.29) is 12.1 Å². The molecule has 1 fully saturated rings. The number of nitrogens with two attached hydrogens (primary N) is 1. The van der Waals surface area contributed by atoms with E-state index in [9.17, 15) is 4.79 Å². The second-order valence-electron chi connectivity index (χ2n) is 4.52. The van der Waals surface area contributed by atoms with Crippen molar-refractivity contribution in [2.45, 2.75) is 32.4 Å². The first kappa shape index (κ1) is 12.9. The van der Waals surface area contributed by atoms with E-state index < -0.39 is 0 Å². The highest BCUT2D eigenvalue weighted by molar-refractivity contribution is 5.89. The Kier molecular flexibility index (Phi) is 4.20. The van der Waals surface area contributed by atoms with Gasteiger partial charge in [0.15, 0.2) is 0 Å². The minimum Gasteiger partial charge on any atom is -0.462 e. The first-order chi connectivity index (χ1) is 8.72. The minimum atomic E-state index is -0.271. The quantitative estimate of drug-likeness (QED) is 0.833. The van der Waals surface area contributed by atoms with Crippen molar-refractivity contribution in [1.29, 1.82) is 0 Å². The average Bonchev–Trinajstić information content (AvgIpc) is 2.40. The SMILES string of the molecule is CCOC(=O)c1ccc(N2CCCCC2N)cc1. The molecule has 18 heavy (non-hydrogen) atoms. The molecule has 1 aromatic carbocycles. The smallest absolute Gasteiger partial charge is 0.338 e. The maximum absolute atomic E-state index is 11.5. The number of hydrogen-bond donors (Lipinski definition) is 1. The van der Waals surface area contributed by atoms with E-state index in [0.29, 0.717) is 12.2 Å². The number of esters is 1. The molecule has 1 aliphatic heterocycles. The van der Waals surface area contributed by atoms with Crippen LogP contribution in [0.1, 0.15) is 36.5 Å². The molecule has 1 aliphatic rings. The lowest BCUT2D eigenvalue weighted by molar-refractivity contribution is 0.0526. The molecular formula is C14H20N2O2. The van der Waals surface area contributed by atoms with Crippen molar-refractivity contribution in [1.82, 2.24) is 0 Å². The maximum Gasteiger partial charge on any atom is 0.338 e. The van der Waals surface area contributed by atoms with Gasteiger partial charge < -0.3 is 15.4 Å². The van der Waals surface area contributed by atoms with Crippen molar-refractivity contribution >= 4 is 11.7 Å². The van der Waals surface area contributed by atoms with Crippen LogP contribution in [0.2, 0.25) is 0 Å². The van der Waals surface area contributed by atoms with Crippen molar-refractivity contribution in [3.05, 3.63) is 29.8 Å². The molecule has 1 aromatic rings. The van der Waals surface area contributed by atoms with Crippen LogP contribution in [0, 0.1) is 0 Å². The lowest BCUT2D eigenvalue weighted by atomic mass is 10.1. The highest BCUT2D eigenvalue weighted by atomic mass is 16.5. The molecule has 98 valence electrons. The lowest BCUT2D eigenvalue weighted by Crippen LogP contribution is -2.45. The predicted molar refractivity (Wildman–Crippen MR) is 71.6 cm³/mol. The van der Waals surface area contributed by atoms with E-state index in [1.54, 1.807) is 19.1 Å². The van der Waals surface area contributed by atoms with Gasteiger partial charge in [-0.05, 0) is 50.5 Å². The Bertz CT molecular complexity index is 403. The minimum absolute atomic E-state index is 0.0900. The lowest BCUT2D eigenvalue weighted by Gasteiger charge is -2.35. The van der Waals surface area contributed by atoms with Crippen LogP contribution in [-0.2, 0) is 4.74 Å². The van der Waals surface area contributed by atoms with Crippen molar-refractivity contribution in [3.8, 4) is 0 Å². The monoisotopic (exact) mass is 248 g/mol. The molecule has 1 saturated heterocycles. The molecule has 1 heterocycles. The molecule has 2 rings (SSSR count). The van der Waals surface area contributed by atoms with Crippen LogP contribution in [0.3, 0.4) is 0 Å². The standard InChI is InChI=1S/C14H20N2O2/c1-2-18-14(17)11-6-8-12(9-7-11)16-10-4-3-5-13(16)15/h6-9,13H,2-5,10,15H2,1H3. The maximum atomic E-state index is 11.5. The fourth-order valence-electron chi connectivity index (χ4n) is 2.28. The Balaban J connectivity index is 2.09. The summed E-state index contributed by atoms with van der Waals surface area (Å²) in [6.07, 6.45) is 3.48. The zero-order chi connectivity index (χ0) is 13.0. The molecule has 2 N–H and O–H groups in total.